The molecule has 1 aromatic rings. The van der Waals surface area contributed by atoms with Crippen LogP contribution >= 0.6 is 0 Å². The summed E-state index contributed by atoms with van der Waals surface area (Å²) in [4.78, 5) is 0. The zero-order valence-electron chi connectivity index (χ0n) is 13.7. The van der Waals surface area contributed by atoms with Gasteiger partial charge in [0.2, 0.25) is 0 Å². The van der Waals surface area contributed by atoms with E-state index in [0.717, 1.165) is 13.0 Å². The lowest BCUT2D eigenvalue weighted by molar-refractivity contribution is -0.696. The summed E-state index contributed by atoms with van der Waals surface area (Å²) in [6.45, 7) is 3.12. The first-order valence-electron chi connectivity index (χ1n) is 7.98. The molecule has 1 rings (SSSR count). The van der Waals surface area contributed by atoms with E-state index in [0.29, 0.717) is 0 Å². The van der Waals surface area contributed by atoms with E-state index in [4.69, 9.17) is 0 Å². The van der Waals surface area contributed by atoms with E-state index in [1.807, 2.05) is 10.8 Å². The third-order valence-corrected chi connectivity index (χ3v) is 5.34. The molecule has 6 heteroatoms. The van der Waals surface area contributed by atoms with E-state index < -0.39 is 10.2 Å². The molecule has 0 atom stereocenters. The van der Waals surface area contributed by atoms with E-state index in [1.165, 1.54) is 67.3 Å². The first-order chi connectivity index (χ1) is 9.98. The first kappa shape index (κ1) is 18.2. The smallest absolute Gasteiger partial charge is 0.236 e. The highest BCUT2D eigenvalue weighted by atomic mass is 32.2. The fourth-order valence-corrected chi connectivity index (χ4v) is 3.09. The van der Waals surface area contributed by atoms with Crippen molar-refractivity contribution >= 4 is 10.2 Å². The van der Waals surface area contributed by atoms with Crippen LogP contribution in [0.5, 0.6) is 0 Å². The second kappa shape index (κ2) is 9.20. The predicted octanol–water partition coefficient (Wildman–Crippen LogP) is 2.57. The average molecular weight is 316 g/mol. The number of aryl methyl sites for hydroxylation is 1. The molecule has 1 aromatic heterocycles. The number of rotatable bonds is 11. The topological polar surface area (TPSA) is 46.2 Å². The van der Waals surface area contributed by atoms with Crippen molar-refractivity contribution < 1.29 is 13.0 Å². The standard InChI is InChI=1S/C15H30N3O2S/c1-4-5-6-7-8-9-10-11-12-17-13-14-18(15-17)21(19,20)16(2)3/h13-15H,4-12H2,1-3H3/q+1. The number of aromatic nitrogens is 2. The van der Waals surface area contributed by atoms with Gasteiger partial charge in [-0.1, -0.05) is 45.4 Å². The van der Waals surface area contributed by atoms with Gasteiger partial charge in [0.15, 0.2) is 0 Å². The van der Waals surface area contributed by atoms with Crippen LogP contribution in [-0.4, -0.2) is 30.8 Å². The summed E-state index contributed by atoms with van der Waals surface area (Å²) in [5, 5.41) is 0. The average Bonchev–Trinajstić information content (AvgIpc) is 2.91. The summed E-state index contributed by atoms with van der Waals surface area (Å²) >= 11 is 0. The Morgan fingerprint density at radius 2 is 1.57 bits per heavy atom. The lowest BCUT2D eigenvalue weighted by atomic mass is 10.1. The predicted molar refractivity (Wildman–Crippen MR) is 85.2 cm³/mol. The minimum absolute atomic E-state index is 0.880. The van der Waals surface area contributed by atoms with Gasteiger partial charge >= 0.3 is 10.2 Å². The minimum Gasteiger partial charge on any atom is -0.236 e. The summed E-state index contributed by atoms with van der Waals surface area (Å²) in [7, 11) is -0.295. The maximum Gasteiger partial charge on any atom is 0.379 e. The zero-order valence-corrected chi connectivity index (χ0v) is 14.5. The highest BCUT2D eigenvalue weighted by Crippen LogP contribution is 2.08. The van der Waals surface area contributed by atoms with Crippen LogP contribution in [0.4, 0.5) is 0 Å². The molecular weight excluding hydrogens is 286 g/mol. The molecule has 0 aromatic carbocycles. The number of hydrogen-bond donors (Lipinski definition) is 0. The van der Waals surface area contributed by atoms with Crippen LogP contribution in [0.3, 0.4) is 0 Å². The van der Waals surface area contributed by atoms with Crippen LogP contribution < -0.4 is 4.57 Å². The molecular formula is C15H30N3O2S+. The second-order valence-corrected chi connectivity index (χ2v) is 7.79. The van der Waals surface area contributed by atoms with Gasteiger partial charge in [-0.15, -0.1) is 3.97 Å². The molecule has 0 N–H and O–H groups in total. The van der Waals surface area contributed by atoms with Gasteiger partial charge in [0, 0.05) is 14.1 Å². The van der Waals surface area contributed by atoms with E-state index in [2.05, 4.69) is 6.92 Å². The van der Waals surface area contributed by atoms with Crippen molar-refractivity contribution in [3.63, 3.8) is 0 Å². The van der Waals surface area contributed by atoms with E-state index in [1.54, 1.807) is 12.5 Å². The van der Waals surface area contributed by atoms with Crippen molar-refractivity contribution in [1.82, 2.24) is 8.28 Å². The molecule has 0 radical (unpaired) electrons. The highest BCUT2D eigenvalue weighted by molar-refractivity contribution is 7.87. The molecule has 122 valence electrons. The van der Waals surface area contributed by atoms with Gasteiger partial charge < -0.3 is 0 Å². The van der Waals surface area contributed by atoms with Crippen molar-refractivity contribution in [2.75, 3.05) is 14.1 Å². The number of hydrogen-bond acceptors (Lipinski definition) is 2. The SMILES string of the molecule is CCCCCCCCCC[n+]1ccn(S(=O)(=O)N(C)C)c1. The summed E-state index contributed by atoms with van der Waals surface area (Å²) in [5.74, 6) is 0. The Kier molecular flexibility index (Phi) is 7.96. The van der Waals surface area contributed by atoms with Crippen LogP contribution in [0.2, 0.25) is 0 Å². The third kappa shape index (κ3) is 6.18. The van der Waals surface area contributed by atoms with Gasteiger partial charge in [0.25, 0.3) is 6.33 Å². The summed E-state index contributed by atoms with van der Waals surface area (Å²) < 4.78 is 28.3. The fraction of sp³-hybridized carbons (Fsp3) is 0.800. The lowest BCUT2D eigenvalue weighted by Crippen LogP contribution is -2.33. The molecule has 0 aliphatic rings. The van der Waals surface area contributed by atoms with Gasteiger partial charge in [-0.05, 0) is 12.8 Å². The lowest BCUT2D eigenvalue weighted by Gasteiger charge is -2.05. The maximum atomic E-state index is 11.9. The monoisotopic (exact) mass is 316 g/mol. The molecule has 21 heavy (non-hydrogen) atoms. The maximum absolute atomic E-state index is 11.9. The third-order valence-electron chi connectivity index (χ3n) is 3.66. The molecule has 0 saturated carbocycles. The van der Waals surface area contributed by atoms with Gasteiger partial charge in [0.05, 0.1) is 6.54 Å². The van der Waals surface area contributed by atoms with E-state index in [9.17, 15) is 8.42 Å². The summed E-state index contributed by atoms with van der Waals surface area (Å²) in [6, 6.07) is 0. The van der Waals surface area contributed by atoms with Crippen LogP contribution in [0.15, 0.2) is 18.7 Å². The molecule has 0 saturated heterocycles. The Morgan fingerprint density at radius 1 is 1.00 bits per heavy atom. The zero-order chi connectivity index (χ0) is 15.7. The largest absolute Gasteiger partial charge is 0.379 e. The van der Waals surface area contributed by atoms with Crippen LogP contribution in [0, 0.1) is 0 Å². The Balaban J connectivity index is 2.24. The molecule has 0 spiro atoms. The summed E-state index contributed by atoms with van der Waals surface area (Å²) in [5.41, 5.74) is 0. The molecule has 1 heterocycles. The molecule has 0 aliphatic heterocycles. The van der Waals surface area contributed by atoms with Crippen molar-refractivity contribution in [2.45, 2.75) is 64.8 Å². The molecule has 0 unspecified atom stereocenters. The minimum atomic E-state index is -3.38. The number of unbranched alkanes of at least 4 members (excludes halogenated alkanes) is 7. The molecule has 0 fully saturated rings. The normalized spacial score (nSPS) is 12.2. The highest BCUT2D eigenvalue weighted by Gasteiger charge is 2.22. The second-order valence-electron chi connectivity index (χ2n) is 5.75. The van der Waals surface area contributed by atoms with Crippen molar-refractivity contribution in [3.8, 4) is 0 Å². The Hall–Kier alpha value is -0.880. The van der Waals surface area contributed by atoms with Crippen LogP contribution in [0.1, 0.15) is 58.3 Å². The Bertz CT molecular complexity index is 495. The molecule has 0 aliphatic carbocycles. The number of nitrogens with zero attached hydrogens (tertiary/aromatic N) is 3. The van der Waals surface area contributed by atoms with Gasteiger partial charge in [0.1, 0.15) is 12.4 Å². The Labute approximate surface area is 129 Å². The number of imidazole rings is 1. The molecule has 0 bridgehead atoms. The van der Waals surface area contributed by atoms with Crippen molar-refractivity contribution in [1.29, 1.82) is 0 Å². The van der Waals surface area contributed by atoms with Crippen molar-refractivity contribution in [3.05, 3.63) is 18.7 Å². The van der Waals surface area contributed by atoms with E-state index >= 15 is 0 Å². The van der Waals surface area contributed by atoms with Gasteiger partial charge in [-0.25, -0.2) is 4.57 Å². The van der Waals surface area contributed by atoms with Crippen LogP contribution in [-0.2, 0) is 16.8 Å². The van der Waals surface area contributed by atoms with Gasteiger partial charge in [-0.2, -0.15) is 12.7 Å². The quantitative estimate of drug-likeness (QED) is 0.465. The van der Waals surface area contributed by atoms with E-state index in [-0.39, 0.29) is 0 Å². The van der Waals surface area contributed by atoms with Crippen molar-refractivity contribution in [2.24, 2.45) is 0 Å². The van der Waals surface area contributed by atoms with Crippen LogP contribution in [0.25, 0.3) is 0 Å². The summed E-state index contributed by atoms with van der Waals surface area (Å²) in [6.07, 6.45) is 15.3. The molecule has 0 amide bonds. The van der Waals surface area contributed by atoms with Gasteiger partial charge in [-0.3, -0.25) is 0 Å². The molecule has 5 nitrogen and oxygen atoms in total. The Morgan fingerprint density at radius 3 is 2.14 bits per heavy atom. The fourth-order valence-electron chi connectivity index (χ4n) is 2.26. The first-order valence-corrected chi connectivity index (χ1v) is 9.38.